The van der Waals surface area contributed by atoms with Gasteiger partial charge >= 0.3 is 12.8 Å². The Hall–Kier alpha value is -0.850. The van der Waals surface area contributed by atoms with E-state index in [1.807, 2.05) is 0 Å². The monoisotopic (exact) mass is 332 g/mol. The van der Waals surface area contributed by atoms with Crippen molar-refractivity contribution in [3.63, 3.8) is 0 Å². The molecule has 7 heteroatoms. The quantitative estimate of drug-likeness (QED) is 0.564. The van der Waals surface area contributed by atoms with Crippen LogP contribution in [0.1, 0.15) is 17.5 Å². The lowest BCUT2D eigenvalue weighted by Gasteiger charge is -2.14. The number of aryl methyl sites for hydroxylation is 1. The van der Waals surface area contributed by atoms with E-state index in [9.17, 15) is 22.0 Å². The number of benzene rings is 1. The predicted molar refractivity (Wildman–Crippen MR) is 60.2 cm³/mol. The topological polar surface area (TPSA) is 9.23 Å². The molecule has 18 heavy (non-hydrogen) atoms. The third-order valence-corrected chi connectivity index (χ3v) is 2.75. The number of alkyl halides is 6. The average Bonchev–Trinajstić information content (AvgIpc) is 2.25. The van der Waals surface area contributed by atoms with Crippen LogP contribution in [0.25, 0.3) is 0 Å². The van der Waals surface area contributed by atoms with Crippen molar-refractivity contribution in [2.45, 2.75) is 25.6 Å². The van der Waals surface area contributed by atoms with E-state index in [4.69, 9.17) is 0 Å². The molecule has 0 fully saturated rings. The Kier molecular flexibility index (Phi) is 5.37. The van der Waals surface area contributed by atoms with Crippen molar-refractivity contribution in [2.75, 3.05) is 5.33 Å². The molecule has 102 valence electrons. The van der Waals surface area contributed by atoms with Crippen LogP contribution in [-0.4, -0.2) is 11.9 Å². The van der Waals surface area contributed by atoms with Gasteiger partial charge in [0.05, 0.1) is 5.56 Å². The molecule has 0 heterocycles. The highest BCUT2D eigenvalue weighted by molar-refractivity contribution is 9.09. The highest BCUT2D eigenvalue weighted by atomic mass is 79.9. The Morgan fingerprint density at radius 2 is 1.89 bits per heavy atom. The van der Waals surface area contributed by atoms with Crippen molar-refractivity contribution >= 4 is 15.9 Å². The molecule has 0 amide bonds. The zero-order valence-electron chi connectivity index (χ0n) is 9.11. The van der Waals surface area contributed by atoms with Crippen molar-refractivity contribution in [3.8, 4) is 5.75 Å². The molecular weight excluding hydrogens is 323 g/mol. The second kappa shape index (κ2) is 6.36. The Morgan fingerprint density at radius 1 is 1.22 bits per heavy atom. The van der Waals surface area contributed by atoms with E-state index in [2.05, 4.69) is 20.7 Å². The van der Waals surface area contributed by atoms with Gasteiger partial charge in [-0.25, -0.2) is 0 Å². The van der Waals surface area contributed by atoms with Gasteiger partial charge in [0.25, 0.3) is 0 Å². The van der Waals surface area contributed by atoms with Gasteiger partial charge in [0.15, 0.2) is 0 Å². The largest absolute Gasteiger partial charge is 0.435 e. The molecule has 0 aromatic heterocycles. The minimum absolute atomic E-state index is 0.0727. The van der Waals surface area contributed by atoms with Crippen LogP contribution in [0, 0.1) is 0 Å². The number of halogens is 6. The molecule has 1 nitrogen and oxygen atoms in total. The molecule has 1 aromatic rings. The normalized spacial score (nSPS) is 11.9. The maximum Gasteiger partial charge on any atom is 0.416 e. The molecule has 0 spiro atoms. The summed E-state index contributed by atoms with van der Waals surface area (Å²) >= 11 is 3.12. The van der Waals surface area contributed by atoms with Crippen LogP contribution in [0.5, 0.6) is 5.75 Å². The SMILES string of the molecule is FC(F)Oc1ccc(CCCBr)c(C(F)(F)F)c1. The first-order chi connectivity index (χ1) is 8.34. The molecule has 0 atom stereocenters. The van der Waals surface area contributed by atoms with E-state index < -0.39 is 24.1 Å². The molecule has 0 saturated carbocycles. The van der Waals surface area contributed by atoms with Crippen LogP contribution in [0.15, 0.2) is 18.2 Å². The third kappa shape index (κ3) is 4.44. The van der Waals surface area contributed by atoms with Crippen LogP contribution in [0.4, 0.5) is 22.0 Å². The van der Waals surface area contributed by atoms with E-state index in [-0.39, 0.29) is 12.0 Å². The van der Waals surface area contributed by atoms with Gasteiger partial charge in [-0.05, 0) is 30.5 Å². The van der Waals surface area contributed by atoms with Gasteiger partial charge in [0, 0.05) is 5.33 Å². The van der Waals surface area contributed by atoms with Gasteiger partial charge in [0.1, 0.15) is 5.75 Å². The Balaban J connectivity index is 3.04. The first-order valence-electron chi connectivity index (χ1n) is 5.05. The Morgan fingerprint density at radius 3 is 2.39 bits per heavy atom. The highest BCUT2D eigenvalue weighted by Crippen LogP contribution is 2.35. The maximum atomic E-state index is 12.7. The molecule has 0 saturated heterocycles. The van der Waals surface area contributed by atoms with Gasteiger partial charge in [-0.1, -0.05) is 22.0 Å². The molecule has 1 aromatic carbocycles. The molecule has 0 aliphatic heterocycles. The Bertz CT molecular complexity index is 392. The number of rotatable bonds is 5. The zero-order valence-corrected chi connectivity index (χ0v) is 10.7. The number of ether oxygens (including phenoxy) is 1. The maximum absolute atomic E-state index is 12.7. The van der Waals surface area contributed by atoms with E-state index in [1.165, 1.54) is 6.07 Å². The summed E-state index contributed by atoms with van der Waals surface area (Å²) < 4.78 is 66.1. The average molecular weight is 333 g/mol. The van der Waals surface area contributed by atoms with Crippen molar-refractivity contribution in [1.82, 2.24) is 0 Å². The number of hydrogen-bond donors (Lipinski definition) is 0. The first kappa shape index (κ1) is 15.2. The predicted octanol–water partition coefficient (Wildman–Crippen LogP) is 4.63. The molecule has 0 unspecified atom stereocenters. The molecule has 0 bridgehead atoms. The lowest BCUT2D eigenvalue weighted by atomic mass is 10.0. The smallest absolute Gasteiger partial charge is 0.416 e. The summed E-state index contributed by atoms with van der Waals surface area (Å²) in [5, 5.41) is 0.569. The summed E-state index contributed by atoms with van der Waals surface area (Å²) in [5.74, 6) is -0.486. The standard InChI is InChI=1S/C11H10BrF5O/c12-5-1-2-7-3-4-8(18-10(13)14)6-9(7)11(15,16)17/h3-4,6,10H,1-2,5H2. The second-order valence-electron chi connectivity index (χ2n) is 3.49. The van der Waals surface area contributed by atoms with Crippen molar-refractivity contribution in [2.24, 2.45) is 0 Å². The summed E-state index contributed by atoms with van der Waals surface area (Å²) in [6.45, 7) is -3.14. The number of hydrogen-bond acceptors (Lipinski definition) is 1. The van der Waals surface area contributed by atoms with Crippen molar-refractivity contribution in [1.29, 1.82) is 0 Å². The summed E-state index contributed by atoms with van der Waals surface area (Å²) in [5.41, 5.74) is -0.856. The van der Waals surface area contributed by atoms with Crippen molar-refractivity contribution in [3.05, 3.63) is 29.3 Å². The van der Waals surface area contributed by atoms with E-state index >= 15 is 0 Å². The van der Waals surface area contributed by atoms with E-state index in [0.717, 1.165) is 6.07 Å². The fourth-order valence-corrected chi connectivity index (χ4v) is 1.75. The van der Waals surface area contributed by atoms with Crippen LogP contribution in [0.3, 0.4) is 0 Å². The summed E-state index contributed by atoms with van der Waals surface area (Å²) in [4.78, 5) is 0. The third-order valence-electron chi connectivity index (χ3n) is 2.19. The zero-order chi connectivity index (χ0) is 13.8. The molecule has 0 N–H and O–H groups in total. The lowest BCUT2D eigenvalue weighted by Crippen LogP contribution is -2.11. The summed E-state index contributed by atoms with van der Waals surface area (Å²) in [6, 6.07) is 2.89. The minimum atomic E-state index is -4.58. The van der Waals surface area contributed by atoms with Gasteiger partial charge in [-0.2, -0.15) is 22.0 Å². The fraction of sp³-hybridized carbons (Fsp3) is 0.455. The first-order valence-corrected chi connectivity index (χ1v) is 6.17. The van der Waals surface area contributed by atoms with Crippen molar-refractivity contribution < 1.29 is 26.7 Å². The minimum Gasteiger partial charge on any atom is -0.435 e. The molecule has 0 aliphatic carbocycles. The molecular formula is C11H10BrF5O. The van der Waals surface area contributed by atoms with Gasteiger partial charge in [0.2, 0.25) is 0 Å². The van der Waals surface area contributed by atoms with Gasteiger partial charge < -0.3 is 4.74 Å². The van der Waals surface area contributed by atoms with Crippen LogP contribution in [0.2, 0.25) is 0 Å². The summed E-state index contributed by atoms with van der Waals surface area (Å²) in [7, 11) is 0. The lowest BCUT2D eigenvalue weighted by molar-refractivity contribution is -0.138. The summed E-state index contributed by atoms with van der Waals surface area (Å²) in [6.07, 6.45) is -3.84. The highest BCUT2D eigenvalue weighted by Gasteiger charge is 2.33. The fourth-order valence-electron chi connectivity index (χ4n) is 1.47. The second-order valence-corrected chi connectivity index (χ2v) is 4.28. The molecule has 0 aliphatic rings. The Labute approximate surface area is 109 Å². The van der Waals surface area contributed by atoms with Crippen LogP contribution in [-0.2, 0) is 12.6 Å². The van der Waals surface area contributed by atoms with E-state index in [0.29, 0.717) is 17.8 Å². The van der Waals surface area contributed by atoms with Crippen LogP contribution < -0.4 is 4.74 Å². The van der Waals surface area contributed by atoms with E-state index in [1.54, 1.807) is 0 Å². The van der Waals surface area contributed by atoms with Gasteiger partial charge in [-0.3, -0.25) is 0 Å². The van der Waals surface area contributed by atoms with Crippen LogP contribution >= 0.6 is 15.9 Å². The molecule has 1 rings (SSSR count). The van der Waals surface area contributed by atoms with Gasteiger partial charge in [-0.15, -0.1) is 0 Å². The molecule has 0 radical (unpaired) electrons.